The lowest BCUT2D eigenvalue weighted by Crippen LogP contribution is -2.19. The quantitative estimate of drug-likeness (QED) is 0.843. The van der Waals surface area contributed by atoms with E-state index in [1.54, 1.807) is 36.4 Å². The van der Waals surface area contributed by atoms with Crippen LogP contribution < -0.4 is 15.2 Å². The standard InChI is InChI=1S/C17H11Cl2NO4/c18-12-4-1-9(5-13(12)19)6-15-17(22)11-3-2-10(7-14(11)24-15)23-8-16(20)21/h1-7H,8H2,(H2,20,21)/b15-6-. The summed E-state index contributed by atoms with van der Waals surface area (Å²) in [5.74, 6) is 0.0603. The van der Waals surface area contributed by atoms with Gasteiger partial charge in [0.1, 0.15) is 11.5 Å². The fourth-order valence-electron chi connectivity index (χ4n) is 2.17. The van der Waals surface area contributed by atoms with Crippen molar-refractivity contribution in [2.75, 3.05) is 6.61 Å². The van der Waals surface area contributed by atoms with Gasteiger partial charge >= 0.3 is 0 Å². The third kappa shape index (κ3) is 3.37. The molecule has 122 valence electrons. The van der Waals surface area contributed by atoms with Crippen LogP contribution in [0.2, 0.25) is 10.0 Å². The zero-order chi connectivity index (χ0) is 17.3. The van der Waals surface area contributed by atoms with Crippen LogP contribution in [0.5, 0.6) is 11.5 Å². The van der Waals surface area contributed by atoms with Crippen molar-refractivity contribution < 1.29 is 19.1 Å². The summed E-state index contributed by atoms with van der Waals surface area (Å²) in [5.41, 5.74) is 6.12. The molecule has 5 nitrogen and oxygen atoms in total. The number of hydrogen-bond acceptors (Lipinski definition) is 4. The third-order valence-corrected chi connectivity index (χ3v) is 4.00. The first-order chi connectivity index (χ1) is 11.4. The van der Waals surface area contributed by atoms with Crippen LogP contribution in [-0.4, -0.2) is 18.3 Å². The summed E-state index contributed by atoms with van der Waals surface area (Å²) in [6.45, 7) is -0.251. The number of benzene rings is 2. The average molecular weight is 364 g/mol. The predicted molar refractivity (Wildman–Crippen MR) is 90.5 cm³/mol. The number of ether oxygens (including phenoxy) is 2. The molecular formula is C17H11Cl2NO4. The Morgan fingerprint density at radius 2 is 1.96 bits per heavy atom. The molecule has 3 rings (SSSR count). The van der Waals surface area contributed by atoms with E-state index in [2.05, 4.69) is 0 Å². The number of Topliss-reactive ketones (excluding diaryl/α,β-unsaturated/α-hetero) is 1. The minimum absolute atomic E-state index is 0.162. The summed E-state index contributed by atoms with van der Waals surface area (Å²) in [4.78, 5) is 23.1. The monoisotopic (exact) mass is 363 g/mol. The second-order valence-corrected chi connectivity index (χ2v) is 5.84. The topological polar surface area (TPSA) is 78.6 Å². The van der Waals surface area contributed by atoms with Gasteiger partial charge in [0.15, 0.2) is 12.4 Å². The molecule has 2 aromatic rings. The number of hydrogen-bond donors (Lipinski definition) is 1. The maximum absolute atomic E-state index is 12.4. The Bertz CT molecular complexity index is 877. The van der Waals surface area contributed by atoms with Crippen LogP contribution in [0.1, 0.15) is 15.9 Å². The van der Waals surface area contributed by atoms with Crippen LogP contribution in [0.15, 0.2) is 42.2 Å². The lowest BCUT2D eigenvalue weighted by atomic mass is 10.1. The summed E-state index contributed by atoms with van der Waals surface area (Å²) >= 11 is 11.8. The van der Waals surface area contributed by atoms with Gasteiger partial charge in [-0.25, -0.2) is 0 Å². The number of carbonyl (C=O) groups excluding carboxylic acids is 2. The van der Waals surface area contributed by atoms with E-state index < -0.39 is 5.91 Å². The number of carbonyl (C=O) groups is 2. The van der Waals surface area contributed by atoms with Crippen LogP contribution in [0.3, 0.4) is 0 Å². The highest BCUT2D eigenvalue weighted by Crippen LogP contribution is 2.35. The highest BCUT2D eigenvalue weighted by molar-refractivity contribution is 6.42. The summed E-state index contributed by atoms with van der Waals surface area (Å²) in [6, 6.07) is 9.68. The Morgan fingerprint density at radius 1 is 1.17 bits per heavy atom. The Labute approximate surface area is 147 Å². The molecule has 0 fully saturated rings. The first-order valence-electron chi connectivity index (χ1n) is 6.88. The highest BCUT2D eigenvalue weighted by atomic mass is 35.5. The van der Waals surface area contributed by atoms with Gasteiger partial charge in [-0.3, -0.25) is 9.59 Å². The second-order valence-electron chi connectivity index (χ2n) is 5.03. The van der Waals surface area contributed by atoms with E-state index in [1.807, 2.05) is 0 Å². The Kier molecular flexibility index (Phi) is 4.46. The molecule has 1 heterocycles. The largest absolute Gasteiger partial charge is 0.484 e. The molecule has 0 saturated heterocycles. The summed E-state index contributed by atoms with van der Waals surface area (Å²) < 4.78 is 10.8. The fourth-order valence-corrected chi connectivity index (χ4v) is 2.47. The predicted octanol–water partition coefficient (Wildman–Crippen LogP) is 3.47. The van der Waals surface area contributed by atoms with Crippen LogP contribution >= 0.6 is 23.2 Å². The van der Waals surface area contributed by atoms with Gasteiger partial charge in [-0.2, -0.15) is 0 Å². The smallest absolute Gasteiger partial charge is 0.255 e. The fraction of sp³-hybridized carbons (Fsp3) is 0.0588. The van der Waals surface area contributed by atoms with Gasteiger partial charge in [0.25, 0.3) is 5.91 Å². The molecule has 24 heavy (non-hydrogen) atoms. The van der Waals surface area contributed by atoms with Gasteiger partial charge < -0.3 is 15.2 Å². The van der Waals surface area contributed by atoms with Gasteiger partial charge in [0.05, 0.1) is 15.6 Å². The summed E-state index contributed by atoms with van der Waals surface area (Å²) in [7, 11) is 0. The van der Waals surface area contributed by atoms with Crippen molar-refractivity contribution >= 4 is 41.0 Å². The summed E-state index contributed by atoms with van der Waals surface area (Å²) in [6.07, 6.45) is 1.58. The lowest BCUT2D eigenvalue weighted by molar-refractivity contribution is -0.119. The molecule has 0 aliphatic carbocycles. The molecular weight excluding hydrogens is 353 g/mol. The van der Waals surface area contributed by atoms with Crippen molar-refractivity contribution in [3.63, 3.8) is 0 Å². The minimum Gasteiger partial charge on any atom is -0.484 e. The third-order valence-electron chi connectivity index (χ3n) is 3.26. The van der Waals surface area contributed by atoms with Crippen molar-refractivity contribution in [1.82, 2.24) is 0 Å². The van der Waals surface area contributed by atoms with E-state index in [9.17, 15) is 9.59 Å². The van der Waals surface area contributed by atoms with Crippen molar-refractivity contribution in [3.05, 3.63) is 63.3 Å². The number of ketones is 1. The van der Waals surface area contributed by atoms with E-state index in [4.69, 9.17) is 38.4 Å². The molecule has 1 aliphatic rings. The van der Waals surface area contributed by atoms with E-state index in [1.165, 1.54) is 6.07 Å². The zero-order valence-electron chi connectivity index (χ0n) is 12.2. The molecule has 0 spiro atoms. The summed E-state index contributed by atoms with van der Waals surface area (Å²) in [5, 5.41) is 0.813. The normalized spacial score (nSPS) is 14.4. The Balaban J connectivity index is 1.85. The number of nitrogens with two attached hydrogens (primary N) is 1. The molecule has 0 radical (unpaired) electrons. The van der Waals surface area contributed by atoms with E-state index in [0.717, 1.165) is 0 Å². The average Bonchev–Trinajstić information content (AvgIpc) is 2.84. The van der Waals surface area contributed by atoms with Crippen molar-refractivity contribution in [2.24, 2.45) is 5.73 Å². The number of fused-ring (bicyclic) bond motifs is 1. The number of primary amides is 1. The van der Waals surface area contributed by atoms with Gasteiger partial charge in [0.2, 0.25) is 5.78 Å². The number of allylic oxidation sites excluding steroid dienone is 1. The van der Waals surface area contributed by atoms with Crippen LogP contribution in [0.4, 0.5) is 0 Å². The molecule has 2 aromatic carbocycles. The second kappa shape index (κ2) is 6.55. The van der Waals surface area contributed by atoms with Crippen LogP contribution in [0, 0.1) is 0 Å². The minimum atomic E-state index is -0.590. The van der Waals surface area contributed by atoms with Gasteiger partial charge in [-0.1, -0.05) is 29.3 Å². The Hall–Kier alpha value is -2.50. The molecule has 0 unspecified atom stereocenters. The maximum Gasteiger partial charge on any atom is 0.255 e. The molecule has 2 N–H and O–H groups in total. The van der Waals surface area contributed by atoms with Gasteiger partial charge in [-0.05, 0) is 35.9 Å². The number of rotatable bonds is 4. The highest BCUT2D eigenvalue weighted by Gasteiger charge is 2.27. The lowest BCUT2D eigenvalue weighted by Gasteiger charge is -2.04. The molecule has 0 saturated carbocycles. The first-order valence-corrected chi connectivity index (χ1v) is 7.64. The van der Waals surface area contributed by atoms with Gasteiger partial charge in [0, 0.05) is 6.07 Å². The molecule has 0 aromatic heterocycles. The van der Waals surface area contributed by atoms with Crippen molar-refractivity contribution in [2.45, 2.75) is 0 Å². The van der Waals surface area contributed by atoms with Crippen LogP contribution in [0.25, 0.3) is 6.08 Å². The zero-order valence-corrected chi connectivity index (χ0v) is 13.7. The Morgan fingerprint density at radius 3 is 2.67 bits per heavy atom. The van der Waals surface area contributed by atoms with Gasteiger partial charge in [-0.15, -0.1) is 0 Å². The first kappa shape index (κ1) is 16.4. The molecule has 1 aliphatic heterocycles. The molecule has 0 bridgehead atoms. The maximum atomic E-state index is 12.4. The van der Waals surface area contributed by atoms with E-state index >= 15 is 0 Å². The number of halogens is 2. The molecule has 7 heteroatoms. The SMILES string of the molecule is NC(=O)COc1ccc2c(c1)O/C(=C\c1ccc(Cl)c(Cl)c1)C2=O. The molecule has 0 atom stereocenters. The van der Waals surface area contributed by atoms with E-state index in [-0.39, 0.29) is 18.1 Å². The number of amides is 1. The van der Waals surface area contributed by atoms with Crippen molar-refractivity contribution in [3.8, 4) is 11.5 Å². The van der Waals surface area contributed by atoms with Crippen molar-refractivity contribution in [1.29, 1.82) is 0 Å². The van der Waals surface area contributed by atoms with Crippen LogP contribution in [-0.2, 0) is 4.79 Å². The molecule has 1 amide bonds. The van der Waals surface area contributed by atoms with E-state index in [0.29, 0.717) is 32.7 Å².